The van der Waals surface area contributed by atoms with Crippen LogP contribution < -0.4 is 31.8 Å². The van der Waals surface area contributed by atoms with Crippen LogP contribution in [0.5, 0.6) is 0 Å². The summed E-state index contributed by atoms with van der Waals surface area (Å²) < 4.78 is 47.3. The first-order valence-electron chi connectivity index (χ1n) is 15.9. The van der Waals surface area contributed by atoms with Gasteiger partial charge in [-0.3, -0.25) is 0 Å². The first-order chi connectivity index (χ1) is 22.8. The van der Waals surface area contributed by atoms with E-state index in [1.807, 2.05) is 182 Å². The molecule has 0 saturated heterocycles. The second-order valence-corrected chi connectivity index (χ2v) is 21.0. The summed E-state index contributed by atoms with van der Waals surface area (Å²) in [6.45, 7) is 2.06. The van der Waals surface area contributed by atoms with E-state index in [2.05, 4.69) is 6.92 Å². The van der Waals surface area contributed by atoms with Crippen molar-refractivity contribution in [3.05, 3.63) is 182 Å². The first-order valence-corrected chi connectivity index (χ1v) is 21.5. The predicted octanol–water partition coefficient (Wildman–Crippen LogP) is 8.04. The summed E-state index contributed by atoms with van der Waals surface area (Å²) in [6.07, 6.45) is 0.587. The molecule has 0 aliphatic rings. The Balaban J connectivity index is 1.59. The monoisotopic (exact) mass is 672 g/mol. The summed E-state index contributed by atoms with van der Waals surface area (Å²) in [7, 11) is -9.98. The molecule has 0 unspecified atom stereocenters. The smallest absolute Gasteiger partial charge is 0.143 e. The van der Waals surface area contributed by atoms with Crippen LogP contribution in [0.1, 0.15) is 6.92 Å². The third-order valence-electron chi connectivity index (χ3n) is 8.85. The molecule has 6 aromatic rings. The van der Waals surface area contributed by atoms with Gasteiger partial charge in [0.05, 0.1) is 0 Å². The van der Waals surface area contributed by atoms with Crippen LogP contribution in [0.2, 0.25) is 0 Å². The Morgan fingerprint density at radius 3 is 0.617 bits per heavy atom. The van der Waals surface area contributed by atoms with Gasteiger partial charge in [0.25, 0.3) is 0 Å². The van der Waals surface area contributed by atoms with Crippen molar-refractivity contribution >= 4 is 53.3 Å². The van der Waals surface area contributed by atoms with Crippen molar-refractivity contribution in [1.82, 2.24) is 0 Å². The SMILES string of the molecule is CC(CP(=O)(c1ccccc1)c1ccccc1)(CP(=O)(c1ccccc1)c1ccccc1)CP(=O)(c1ccccc1)c1ccccc1. The fourth-order valence-electron chi connectivity index (χ4n) is 6.77. The van der Waals surface area contributed by atoms with E-state index in [1.165, 1.54) is 0 Å². The lowest BCUT2D eigenvalue weighted by molar-refractivity contribution is 0.460. The fourth-order valence-corrected chi connectivity index (χ4v) is 17.1. The van der Waals surface area contributed by atoms with Crippen LogP contribution in [0.25, 0.3) is 0 Å². The normalized spacial score (nSPS) is 12.4. The summed E-state index contributed by atoms with van der Waals surface area (Å²) in [6, 6.07) is 57.7. The Morgan fingerprint density at radius 2 is 0.468 bits per heavy atom. The molecule has 6 aromatic carbocycles. The highest BCUT2D eigenvalue weighted by Crippen LogP contribution is 2.59. The third-order valence-corrected chi connectivity index (χ3v) is 19.3. The Kier molecular flexibility index (Phi) is 9.82. The maximum Gasteiger partial charge on any atom is 0.143 e. The topological polar surface area (TPSA) is 51.2 Å². The van der Waals surface area contributed by atoms with Crippen LogP contribution in [0.3, 0.4) is 0 Å². The highest BCUT2D eigenvalue weighted by atomic mass is 31.2. The number of benzene rings is 6. The summed E-state index contributed by atoms with van der Waals surface area (Å²) in [5, 5.41) is 4.42. The molecule has 0 aliphatic heterocycles. The van der Waals surface area contributed by atoms with E-state index >= 15 is 13.7 Å². The number of hydrogen-bond donors (Lipinski definition) is 0. The minimum atomic E-state index is -3.33. The zero-order valence-corrected chi connectivity index (χ0v) is 29.2. The molecule has 0 aromatic heterocycles. The van der Waals surface area contributed by atoms with Crippen molar-refractivity contribution in [2.75, 3.05) is 18.5 Å². The Labute approximate surface area is 278 Å². The third kappa shape index (κ3) is 7.00. The molecular weight excluding hydrogens is 633 g/mol. The van der Waals surface area contributed by atoms with Gasteiger partial charge < -0.3 is 13.7 Å². The Morgan fingerprint density at radius 1 is 0.319 bits per heavy atom. The molecule has 0 atom stereocenters. The van der Waals surface area contributed by atoms with Gasteiger partial charge in [-0.2, -0.15) is 0 Å². The van der Waals surface area contributed by atoms with Crippen LogP contribution in [0.4, 0.5) is 0 Å². The van der Waals surface area contributed by atoms with E-state index in [0.29, 0.717) is 0 Å². The van der Waals surface area contributed by atoms with Crippen LogP contribution in [-0.4, -0.2) is 18.5 Å². The van der Waals surface area contributed by atoms with Crippen molar-refractivity contribution in [1.29, 1.82) is 0 Å². The van der Waals surface area contributed by atoms with Gasteiger partial charge in [-0.1, -0.05) is 189 Å². The molecule has 0 amide bonds. The van der Waals surface area contributed by atoms with Crippen molar-refractivity contribution in [2.45, 2.75) is 6.92 Å². The molecule has 0 spiro atoms. The summed E-state index contributed by atoms with van der Waals surface area (Å²) >= 11 is 0. The van der Waals surface area contributed by atoms with Gasteiger partial charge >= 0.3 is 0 Å². The highest BCUT2D eigenvalue weighted by Gasteiger charge is 2.47. The second kappa shape index (κ2) is 14.0. The number of hydrogen-bond acceptors (Lipinski definition) is 3. The molecule has 0 radical (unpaired) electrons. The molecule has 0 saturated carbocycles. The van der Waals surface area contributed by atoms with E-state index in [9.17, 15) is 0 Å². The maximum absolute atomic E-state index is 15.8. The maximum atomic E-state index is 15.8. The van der Waals surface area contributed by atoms with Gasteiger partial charge in [-0.25, -0.2) is 0 Å². The minimum absolute atomic E-state index is 0.196. The zero-order chi connectivity index (χ0) is 32.8. The quantitative estimate of drug-likeness (QED) is 0.124. The summed E-state index contributed by atoms with van der Waals surface area (Å²) in [5.41, 5.74) is -0.913. The van der Waals surface area contributed by atoms with E-state index in [1.54, 1.807) is 0 Å². The minimum Gasteiger partial charge on any atom is -0.314 e. The molecule has 0 bridgehead atoms. The predicted molar refractivity (Wildman–Crippen MR) is 202 cm³/mol. The van der Waals surface area contributed by atoms with Gasteiger partial charge in [0.1, 0.15) is 21.4 Å². The van der Waals surface area contributed by atoms with E-state index < -0.39 is 26.8 Å². The van der Waals surface area contributed by atoms with Gasteiger partial charge in [-0.05, 0) is 5.41 Å². The first kappa shape index (κ1) is 32.9. The average Bonchev–Trinajstić information content (AvgIpc) is 3.13. The fraction of sp³-hybridized carbons (Fsp3) is 0.122. The van der Waals surface area contributed by atoms with Crippen LogP contribution in [0, 0.1) is 5.41 Å². The largest absolute Gasteiger partial charge is 0.314 e. The molecule has 3 nitrogen and oxygen atoms in total. The lowest BCUT2D eigenvalue weighted by atomic mass is 9.99. The van der Waals surface area contributed by atoms with E-state index in [0.717, 1.165) is 31.8 Å². The standard InChI is InChI=1S/C41H39O3P3/c1-41(32-45(42,35-20-8-2-9-21-35)36-22-10-3-11-23-36,33-46(43,37-24-12-4-13-25-37)38-26-14-5-15-27-38)34-47(44,39-28-16-6-17-29-39)40-30-18-7-19-31-40/h2-31H,32-34H2,1H3. The van der Waals surface area contributed by atoms with E-state index in [4.69, 9.17) is 0 Å². The molecule has 0 N–H and O–H groups in total. The van der Waals surface area contributed by atoms with Crippen LogP contribution in [-0.2, 0) is 13.7 Å². The lowest BCUT2D eigenvalue weighted by Crippen LogP contribution is -2.39. The lowest BCUT2D eigenvalue weighted by Gasteiger charge is -2.39. The van der Waals surface area contributed by atoms with Crippen molar-refractivity contribution < 1.29 is 13.7 Å². The molecule has 6 heteroatoms. The zero-order valence-electron chi connectivity index (χ0n) is 26.5. The van der Waals surface area contributed by atoms with E-state index in [-0.39, 0.29) is 18.5 Å². The molecule has 0 aliphatic carbocycles. The summed E-state index contributed by atoms with van der Waals surface area (Å²) in [4.78, 5) is 0. The Hall–Kier alpha value is -3.99. The second-order valence-electron chi connectivity index (χ2n) is 12.5. The van der Waals surface area contributed by atoms with Crippen LogP contribution in [0.15, 0.2) is 182 Å². The average molecular weight is 673 g/mol. The van der Waals surface area contributed by atoms with Crippen molar-refractivity contribution in [3.63, 3.8) is 0 Å². The molecule has 6 rings (SSSR count). The van der Waals surface area contributed by atoms with Gasteiger partial charge in [-0.15, -0.1) is 0 Å². The molecule has 0 fully saturated rings. The van der Waals surface area contributed by atoms with Crippen molar-refractivity contribution in [3.8, 4) is 0 Å². The molecule has 0 heterocycles. The highest BCUT2D eigenvalue weighted by molar-refractivity contribution is 7.80. The summed E-state index contributed by atoms with van der Waals surface area (Å²) in [5.74, 6) is 0. The van der Waals surface area contributed by atoms with Crippen LogP contribution >= 0.6 is 21.4 Å². The molecular formula is C41H39O3P3. The van der Waals surface area contributed by atoms with Crippen molar-refractivity contribution in [2.24, 2.45) is 5.41 Å². The Bertz CT molecular complexity index is 1670. The van der Waals surface area contributed by atoms with Gasteiger partial charge in [0, 0.05) is 50.3 Å². The number of rotatable bonds is 12. The van der Waals surface area contributed by atoms with Gasteiger partial charge in [0.2, 0.25) is 0 Å². The van der Waals surface area contributed by atoms with Gasteiger partial charge in [0.15, 0.2) is 0 Å². The molecule has 236 valence electrons. The molecule has 47 heavy (non-hydrogen) atoms.